The lowest BCUT2D eigenvalue weighted by Crippen LogP contribution is -2.11. The highest BCUT2D eigenvalue weighted by Gasteiger charge is 2.13. The third-order valence-corrected chi connectivity index (χ3v) is 4.81. The molecule has 1 aliphatic carbocycles. The Bertz CT molecular complexity index is 404. The van der Waals surface area contributed by atoms with Crippen LogP contribution in [-0.2, 0) is 6.42 Å². The molecule has 2 rings (SSSR count). The van der Waals surface area contributed by atoms with Crippen LogP contribution in [-0.4, -0.2) is 17.6 Å². The highest BCUT2D eigenvalue weighted by molar-refractivity contribution is 7.99. The first-order chi connectivity index (χ1) is 9.38. The van der Waals surface area contributed by atoms with Crippen molar-refractivity contribution in [3.05, 3.63) is 29.8 Å². The maximum absolute atomic E-state index is 8.60. The molecule has 0 aromatic heterocycles. The van der Waals surface area contributed by atoms with Crippen LogP contribution in [0.4, 0.5) is 0 Å². The van der Waals surface area contributed by atoms with Gasteiger partial charge in [0.25, 0.3) is 0 Å². The quantitative estimate of drug-likeness (QED) is 0.730. The molecule has 0 atom stereocenters. The van der Waals surface area contributed by atoms with E-state index in [1.165, 1.54) is 32.1 Å². The average Bonchev–Trinajstić information content (AvgIpc) is 2.47. The van der Waals surface area contributed by atoms with Gasteiger partial charge in [-0.1, -0.05) is 31.4 Å². The van der Waals surface area contributed by atoms with Crippen LogP contribution in [0.25, 0.3) is 0 Å². The first-order valence-electron chi connectivity index (χ1n) is 7.09. The predicted molar refractivity (Wildman–Crippen MR) is 80.6 cm³/mol. The van der Waals surface area contributed by atoms with Crippen LogP contribution >= 0.6 is 11.8 Å². The minimum Gasteiger partial charge on any atom is -0.493 e. The summed E-state index contributed by atoms with van der Waals surface area (Å²) in [6.07, 6.45) is 7.46. The van der Waals surface area contributed by atoms with E-state index < -0.39 is 0 Å². The van der Waals surface area contributed by atoms with Gasteiger partial charge in [0.1, 0.15) is 5.75 Å². The van der Waals surface area contributed by atoms with E-state index in [0.717, 1.165) is 28.9 Å². The van der Waals surface area contributed by atoms with Gasteiger partial charge in [-0.05, 0) is 30.5 Å². The number of nitriles is 1. The molecule has 1 fully saturated rings. The summed E-state index contributed by atoms with van der Waals surface area (Å²) >= 11 is 2.06. The van der Waals surface area contributed by atoms with E-state index in [1.54, 1.807) is 0 Å². The molecular formula is C16H21NOS. The van der Waals surface area contributed by atoms with Crippen molar-refractivity contribution < 1.29 is 4.74 Å². The van der Waals surface area contributed by atoms with Crippen LogP contribution in [0.15, 0.2) is 24.3 Å². The summed E-state index contributed by atoms with van der Waals surface area (Å²) in [5, 5.41) is 9.46. The molecule has 1 aromatic rings. The van der Waals surface area contributed by atoms with Crippen LogP contribution in [0.5, 0.6) is 5.75 Å². The van der Waals surface area contributed by atoms with Gasteiger partial charge in [-0.15, -0.1) is 0 Å². The summed E-state index contributed by atoms with van der Waals surface area (Å²) in [6.45, 7) is 0.777. The largest absolute Gasteiger partial charge is 0.493 e. The zero-order valence-corrected chi connectivity index (χ0v) is 12.1. The fourth-order valence-electron chi connectivity index (χ4n) is 2.40. The lowest BCUT2D eigenvalue weighted by molar-refractivity contribution is 0.343. The molecule has 0 spiro atoms. The van der Waals surface area contributed by atoms with Crippen molar-refractivity contribution in [1.29, 1.82) is 5.26 Å². The topological polar surface area (TPSA) is 33.0 Å². The Morgan fingerprint density at radius 2 is 1.89 bits per heavy atom. The number of hydrogen-bond acceptors (Lipinski definition) is 3. The smallest absolute Gasteiger partial charge is 0.119 e. The van der Waals surface area contributed by atoms with E-state index in [9.17, 15) is 0 Å². The minimum atomic E-state index is 0.470. The van der Waals surface area contributed by atoms with Gasteiger partial charge in [0.05, 0.1) is 19.1 Å². The van der Waals surface area contributed by atoms with Crippen LogP contribution in [0.3, 0.4) is 0 Å². The number of hydrogen-bond donors (Lipinski definition) is 0. The molecule has 0 bridgehead atoms. The van der Waals surface area contributed by atoms with Gasteiger partial charge in [0, 0.05) is 11.0 Å². The summed E-state index contributed by atoms with van der Waals surface area (Å²) in [5.41, 5.74) is 1.05. The van der Waals surface area contributed by atoms with Crippen molar-refractivity contribution in [1.82, 2.24) is 0 Å². The summed E-state index contributed by atoms with van der Waals surface area (Å²) < 4.78 is 5.73. The van der Waals surface area contributed by atoms with Gasteiger partial charge in [-0.3, -0.25) is 0 Å². The van der Waals surface area contributed by atoms with Gasteiger partial charge in [0.15, 0.2) is 0 Å². The summed E-state index contributed by atoms with van der Waals surface area (Å²) in [5.74, 6) is 1.98. The molecule has 1 aliphatic rings. The Kier molecular flexibility index (Phi) is 6.10. The normalized spacial score (nSPS) is 15.9. The molecule has 0 amide bonds. The monoisotopic (exact) mass is 275 g/mol. The van der Waals surface area contributed by atoms with Gasteiger partial charge < -0.3 is 4.74 Å². The first-order valence-corrected chi connectivity index (χ1v) is 8.13. The lowest BCUT2D eigenvalue weighted by Gasteiger charge is -2.20. The van der Waals surface area contributed by atoms with Crippen molar-refractivity contribution in [2.75, 3.05) is 12.4 Å². The summed E-state index contributed by atoms with van der Waals surface area (Å²) in [6, 6.07) is 9.99. The van der Waals surface area contributed by atoms with E-state index in [-0.39, 0.29) is 0 Å². The molecule has 0 radical (unpaired) electrons. The fourth-order valence-corrected chi connectivity index (χ4v) is 3.58. The highest BCUT2D eigenvalue weighted by Crippen LogP contribution is 2.28. The summed E-state index contributed by atoms with van der Waals surface area (Å²) in [7, 11) is 0. The molecule has 1 aromatic carbocycles. The molecule has 0 unspecified atom stereocenters. The van der Waals surface area contributed by atoms with Gasteiger partial charge in [-0.25, -0.2) is 0 Å². The second-order valence-corrected chi connectivity index (χ2v) is 6.37. The summed E-state index contributed by atoms with van der Waals surface area (Å²) in [4.78, 5) is 0. The Balaban J connectivity index is 1.63. The van der Waals surface area contributed by atoms with Crippen molar-refractivity contribution in [3.8, 4) is 11.8 Å². The van der Waals surface area contributed by atoms with Gasteiger partial charge in [-0.2, -0.15) is 17.0 Å². The molecule has 0 N–H and O–H groups in total. The molecule has 102 valence electrons. The van der Waals surface area contributed by atoms with Crippen LogP contribution in [0, 0.1) is 11.3 Å². The molecule has 0 saturated heterocycles. The number of nitrogens with zero attached hydrogens (tertiary/aromatic N) is 1. The van der Waals surface area contributed by atoms with Crippen molar-refractivity contribution >= 4 is 11.8 Å². The minimum absolute atomic E-state index is 0.470. The molecule has 2 nitrogen and oxygen atoms in total. The number of thioether (sulfide) groups is 1. The SMILES string of the molecule is N#CCc1ccc(OCCSC2CCCCC2)cc1. The number of benzene rings is 1. The van der Waals surface area contributed by atoms with E-state index in [1.807, 2.05) is 24.3 Å². The van der Waals surface area contributed by atoms with Crippen LogP contribution < -0.4 is 4.74 Å². The lowest BCUT2D eigenvalue weighted by atomic mass is 10.0. The van der Waals surface area contributed by atoms with Crippen molar-refractivity contribution in [2.45, 2.75) is 43.8 Å². The Morgan fingerprint density at radius 1 is 1.16 bits per heavy atom. The molecule has 3 heteroatoms. The third-order valence-electron chi connectivity index (χ3n) is 3.46. The number of rotatable bonds is 6. The second-order valence-electron chi connectivity index (χ2n) is 4.96. The molecule has 0 aliphatic heterocycles. The highest BCUT2D eigenvalue weighted by atomic mass is 32.2. The Labute approximate surface area is 120 Å². The molecular weight excluding hydrogens is 254 g/mol. The van der Waals surface area contributed by atoms with Crippen molar-refractivity contribution in [2.24, 2.45) is 0 Å². The van der Waals surface area contributed by atoms with Crippen LogP contribution in [0.1, 0.15) is 37.7 Å². The molecule has 1 saturated carbocycles. The predicted octanol–water partition coefficient (Wildman–Crippen LogP) is 4.20. The fraction of sp³-hybridized carbons (Fsp3) is 0.562. The standard InChI is InChI=1S/C16H21NOS/c17-11-10-14-6-8-15(9-7-14)18-12-13-19-16-4-2-1-3-5-16/h6-9,16H,1-5,10,12-13H2. The van der Waals surface area contributed by atoms with Crippen LogP contribution in [0.2, 0.25) is 0 Å². The van der Waals surface area contributed by atoms with E-state index in [4.69, 9.17) is 10.00 Å². The number of ether oxygens (including phenoxy) is 1. The molecule has 0 heterocycles. The molecule has 19 heavy (non-hydrogen) atoms. The van der Waals surface area contributed by atoms with E-state index >= 15 is 0 Å². The maximum atomic E-state index is 8.60. The first kappa shape index (κ1) is 14.3. The van der Waals surface area contributed by atoms with Crippen molar-refractivity contribution in [3.63, 3.8) is 0 Å². The third kappa shape index (κ3) is 5.16. The zero-order valence-electron chi connectivity index (χ0n) is 11.3. The average molecular weight is 275 g/mol. The Hall–Kier alpha value is -1.14. The van der Waals surface area contributed by atoms with E-state index in [0.29, 0.717) is 6.42 Å². The van der Waals surface area contributed by atoms with Gasteiger partial charge in [0.2, 0.25) is 0 Å². The van der Waals surface area contributed by atoms with Gasteiger partial charge >= 0.3 is 0 Å². The second kappa shape index (κ2) is 8.12. The zero-order chi connectivity index (χ0) is 13.3. The Morgan fingerprint density at radius 3 is 2.58 bits per heavy atom. The van der Waals surface area contributed by atoms with E-state index in [2.05, 4.69) is 17.8 Å². The maximum Gasteiger partial charge on any atom is 0.119 e.